The van der Waals surface area contributed by atoms with Crippen molar-refractivity contribution in [3.05, 3.63) is 69.2 Å². The number of hydrogen-bond acceptors (Lipinski definition) is 9. The van der Waals surface area contributed by atoms with Gasteiger partial charge in [-0.15, -0.1) is 11.3 Å². The van der Waals surface area contributed by atoms with Crippen LogP contribution < -0.4 is 9.64 Å². The van der Waals surface area contributed by atoms with Crippen molar-refractivity contribution < 1.29 is 23.9 Å². The predicted octanol–water partition coefficient (Wildman–Crippen LogP) is 3.92. The van der Waals surface area contributed by atoms with Crippen molar-refractivity contribution in [2.24, 2.45) is 0 Å². The molecule has 1 fully saturated rings. The number of methoxy groups -OCH3 is 1. The van der Waals surface area contributed by atoms with Crippen LogP contribution >= 0.6 is 11.3 Å². The summed E-state index contributed by atoms with van der Waals surface area (Å²) < 4.78 is 16.1. The predicted molar refractivity (Wildman–Crippen MR) is 119 cm³/mol. The Morgan fingerprint density at radius 3 is 2.81 bits per heavy atom. The van der Waals surface area contributed by atoms with Crippen molar-refractivity contribution in [2.75, 3.05) is 38.3 Å². The van der Waals surface area contributed by atoms with Gasteiger partial charge in [0.25, 0.3) is 5.69 Å². The molecule has 2 heterocycles. The second-order valence-corrected chi connectivity index (χ2v) is 7.87. The number of hydrogen-bond donors (Lipinski definition) is 0. The van der Waals surface area contributed by atoms with Gasteiger partial charge >= 0.3 is 5.97 Å². The number of anilines is 1. The van der Waals surface area contributed by atoms with Gasteiger partial charge in [0, 0.05) is 36.2 Å². The fraction of sp³-hybridized carbons (Fsp3) is 0.273. The summed E-state index contributed by atoms with van der Waals surface area (Å²) in [6.45, 7) is 2.20. The zero-order chi connectivity index (χ0) is 22.5. The highest BCUT2D eigenvalue weighted by Crippen LogP contribution is 2.29. The van der Waals surface area contributed by atoms with Gasteiger partial charge in [-0.25, -0.2) is 9.78 Å². The lowest BCUT2D eigenvalue weighted by Gasteiger charge is -2.30. The summed E-state index contributed by atoms with van der Waals surface area (Å²) in [6.07, 6.45) is 0. The molecule has 0 unspecified atom stereocenters. The van der Waals surface area contributed by atoms with Gasteiger partial charge in [0.2, 0.25) is 0 Å². The first kappa shape index (κ1) is 21.7. The molecule has 0 saturated carbocycles. The second-order valence-electron chi connectivity index (χ2n) is 7.01. The molecular formula is C22H21N3O6S. The Bertz CT molecular complexity index is 1130. The van der Waals surface area contributed by atoms with E-state index in [0.29, 0.717) is 37.7 Å². The van der Waals surface area contributed by atoms with Crippen molar-refractivity contribution in [3.63, 3.8) is 0 Å². The summed E-state index contributed by atoms with van der Waals surface area (Å²) in [5, 5.41) is 13.8. The van der Waals surface area contributed by atoms with Crippen molar-refractivity contribution >= 4 is 28.7 Å². The molecule has 0 atom stereocenters. The van der Waals surface area contributed by atoms with E-state index in [1.807, 2.05) is 34.5 Å². The Labute approximate surface area is 188 Å². The van der Waals surface area contributed by atoms with Crippen molar-refractivity contribution in [1.82, 2.24) is 4.98 Å². The molecule has 1 aliphatic rings. The average Bonchev–Trinajstić information content (AvgIpc) is 3.32. The van der Waals surface area contributed by atoms with Crippen molar-refractivity contribution in [2.45, 2.75) is 6.61 Å². The summed E-state index contributed by atoms with van der Waals surface area (Å²) in [7, 11) is 1.60. The number of esters is 1. The largest absolute Gasteiger partial charge is 0.497 e. The van der Waals surface area contributed by atoms with Crippen molar-refractivity contribution in [3.8, 4) is 16.3 Å². The molecule has 0 amide bonds. The van der Waals surface area contributed by atoms with E-state index in [4.69, 9.17) is 14.2 Å². The molecule has 1 aromatic heterocycles. The lowest BCUT2D eigenvalue weighted by atomic mass is 10.1. The topological polar surface area (TPSA) is 104 Å². The Kier molecular flexibility index (Phi) is 6.62. The number of aromatic nitrogens is 1. The van der Waals surface area contributed by atoms with Crippen LogP contribution in [0.1, 0.15) is 16.1 Å². The molecule has 1 saturated heterocycles. The molecule has 2 aromatic carbocycles. The molecule has 0 aliphatic carbocycles. The Hall–Kier alpha value is -3.50. The molecule has 1 aliphatic heterocycles. The number of non-ortho nitro benzene ring substituents is 1. The van der Waals surface area contributed by atoms with E-state index in [-0.39, 0.29) is 17.9 Å². The molecule has 9 nitrogen and oxygen atoms in total. The number of nitrogens with zero attached hydrogens (tertiary/aromatic N) is 3. The summed E-state index contributed by atoms with van der Waals surface area (Å²) in [4.78, 5) is 30.1. The second kappa shape index (κ2) is 9.75. The van der Waals surface area contributed by atoms with E-state index in [9.17, 15) is 14.9 Å². The smallest absolute Gasteiger partial charge is 0.340 e. The van der Waals surface area contributed by atoms with Gasteiger partial charge < -0.3 is 19.1 Å². The van der Waals surface area contributed by atoms with Crippen LogP contribution in [0.4, 0.5) is 11.4 Å². The van der Waals surface area contributed by atoms with Crippen LogP contribution in [0.25, 0.3) is 10.6 Å². The highest BCUT2D eigenvalue weighted by molar-refractivity contribution is 7.13. The number of morpholine rings is 1. The first-order valence-electron chi connectivity index (χ1n) is 9.92. The van der Waals surface area contributed by atoms with E-state index < -0.39 is 10.9 Å². The fourth-order valence-corrected chi connectivity index (χ4v) is 4.16. The summed E-state index contributed by atoms with van der Waals surface area (Å²) in [6, 6.07) is 11.8. The minimum Gasteiger partial charge on any atom is -0.497 e. The fourth-order valence-electron chi connectivity index (χ4n) is 3.36. The lowest BCUT2D eigenvalue weighted by molar-refractivity contribution is -0.384. The minimum absolute atomic E-state index is 0.0372. The maximum Gasteiger partial charge on any atom is 0.340 e. The molecule has 0 radical (unpaired) electrons. The van der Waals surface area contributed by atoms with E-state index in [1.165, 1.54) is 23.5 Å². The van der Waals surface area contributed by atoms with Gasteiger partial charge in [0.15, 0.2) is 0 Å². The molecule has 4 rings (SSSR count). The third-order valence-electron chi connectivity index (χ3n) is 4.98. The Morgan fingerprint density at radius 2 is 2.06 bits per heavy atom. The molecule has 166 valence electrons. The summed E-state index contributed by atoms with van der Waals surface area (Å²) in [5.41, 5.74) is 2.09. The highest BCUT2D eigenvalue weighted by atomic mass is 32.1. The summed E-state index contributed by atoms with van der Waals surface area (Å²) >= 11 is 1.43. The number of rotatable bonds is 7. The maximum atomic E-state index is 12.9. The normalized spacial score (nSPS) is 13.6. The Balaban J connectivity index is 1.50. The number of benzene rings is 2. The third-order valence-corrected chi connectivity index (χ3v) is 5.92. The van der Waals surface area contributed by atoms with Crippen LogP contribution in [-0.2, 0) is 16.1 Å². The van der Waals surface area contributed by atoms with Crippen LogP contribution in [0, 0.1) is 10.1 Å². The number of carbonyl (C=O) groups is 1. The molecule has 32 heavy (non-hydrogen) atoms. The number of nitro groups is 1. The number of carbonyl (C=O) groups excluding carboxylic acids is 1. The zero-order valence-electron chi connectivity index (χ0n) is 17.4. The summed E-state index contributed by atoms with van der Waals surface area (Å²) in [5.74, 6) is 0.0955. The SMILES string of the molecule is COc1cccc(-c2nc(COC(=O)c3cc([N+](=O)[O-])ccc3N3CCOCC3)cs2)c1. The van der Waals surface area contributed by atoms with Crippen LogP contribution in [0.5, 0.6) is 5.75 Å². The highest BCUT2D eigenvalue weighted by Gasteiger charge is 2.23. The van der Waals surface area contributed by atoms with E-state index in [1.54, 1.807) is 13.2 Å². The third kappa shape index (κ3) is 4.87. The zero-order valence-corrected chi connectivity index (χ0v) is 18.2. The van der Waals surface area contributed by atoms with Gasteiger partial charge in [0.05, 0.1) is 42.2 Å². The Morgan fingerprint density at radius 1 is 1.25 bits per heavy atom. The van der Waals surface area contributed by atoms with Gasteiger partial charge in [-0.2, -0.15) is 0 Å². The average molecular weight is 455 g/mol. The van der Waals surface area contributed by atoms with E-state index in [2.05, 4.69) is 4.98 Å². The molecule has 0 N–H and O–H groups in total. The number of nitro benzene ring substituents is 1. The monoisotopic (exact) mass is 455 g/mol. The maximum absolute atomic E-state index is 12.9. The molecule has 3 aromatic rings. The first-order valence-corrected chi connectivity index (χ1v) is 10.8. The van der Waals surface area contributed by atoms with E-state index in [0.717, 1.165) is 16.3 Å². The number of thiazole rings is 1. The minimum atomic E-state index is -0.633. The van der Waals surface area contributed by atoms with E-state index >= 15 is 0 Å². The van der Waals surface area contributed by atoms with Gasteiger partial charge in [-0.3, -0.25) is 10.1 Å². The van der Waals surface area contributed by atoms with Crippen molar-refractivity contribution in [1.29, 1.82) is 0 Å². The molecule has 10 heteroatoms. The van der Waals surface area contributed by atoms with Crippen LogP contribution in [0.3, 0.4) is 0 Å². The standard InChI is InChI=1S/C22H21N3O6S/c1-29-18-4-2-3-15(11-18)21-23-16(14-32-21)13-31-22(26)19-12-17(25(27)28)5-6-20(19)24-7-9-30-10-8-24/h2-6,11-12,14H,7-10,13H2,1H3. The molecular weight excluding hydrogens is 434 g/mol. The van der Waals surface area contributed by atoms with Gasteiger partial charge in [0.1, 0.15) is 17.4 Å². The quantitative estimate of drug-likeness (QED) is 0.300. The first-order chi connectivity index (χ1) is 15.5. The van der Waals surface area contributed by atoms with Crippen LogP contribution in [0.2, 0.25) is 0 Å². The van der Waals surface area contributed by atoms with Crippen LogP contribution in [0.15, 0.2) is 47.8 Å². The van der Waals surface area contributed by atoms with Crippen LogP contribution in [-0.4, -0.2) is 49.3 Å². The molecule has 0 bridgehead atoms. The van der Waals surface area contributed by atoms with Gasteiger partial charge in [-0.05, 0) is 18.2 Å². The van der Waals surface area contributed by atoms with Gasteiger partial charge in [-0.1, -0.05) is 12.1 Å². The molecule has 0 spiro atoms. The number of ether oxygens (including phenoxy) is 3. The lowest BCUT2D eigenvalue weighted by Crippen LogP contribution is -2.37.